The lowest BCUT2D eigenvalue weighted by Gasteiger charge is -2.24. The molecule has 1 aromatic heterocycles. The summed E-state index contributed by atoms with van der Waals surface area (Å²) in [5.74, 6) is 0.664. The molecule has 2 aromatic rings. The van der Waals surface area contributed by atoms with Crippen LogP contribution in [0.2, 0.25) is 0 Å². The number of ether oxygens (including phenoxy) is 1. The summed E-state index contributed by atoms with van der Waals surface area (Å²) in [4.78, 5) is 6.42. The molecule has 6 heteroatoms. The molecule has 0 radical (unpaired) electrons. The molecular formula is C16H19N5O. The van der Waals surface area contributed by atoms with E-state index >= 15 is 0 Å². The lowest BCUT2D eigenvalue weighted by molar-refractivity contribution is 0.182. The van der Waals surface area contributed by atoms with Crippen molar-refractivity contribution in [2.24, 2.45) is 0 Å². The van der Waals surface area contributed by atoms with Gasteiger partial charge in [-0.2, -0.15) is 10.4 Å². The van der Waals surface area contributed by atoms with E-state index in [4.69, 9.17) is 10.00 Å². The largest absolute Gasteiger partial charge is 0.491 e. The van der Waals surface area contributed by atoms with Gasteiger partial charge in [0.05, 0.1) is 12.1 Å². The van der Waals surface area contributed by atoms with Crippen molar-refractivity contribution in [2.75, 3.05) is 19.7 Å². The molecule has 2 heterocycles. The van der Waals surface area contributed by atoms with Gasteiger partial charge in [-0.05, 0) is 31.5 Å². The highest BCUT2D eigenvalue weighted by Gasteiger charge is 2.24. The number of likely N-dealkylation sites (tertiary alicyclic amines) is 1. The summed E-state index contributed by atoms with van der Waals surface area (Å²) in [7, 11) is 0. The van der Waals surface area contributed by atoms with Crippen LogP contribution in [0.3, 0.4) is 0 Å². The van der Waals surface area contributed by atoms with E-state index in [1.54, 1.807) is 18.7 Å². The standard InChI is InChI=1S/C16H19N5O/c17-10-14-4-1-2-6-16(14)22-9-8-20-7-3-5-15(20)11-21-13-18-12-19-21/h1-2,4,6,12-13,15H,3,5,7-9,11H2/t15-/m0/s1. The Balaban J connectivity index is 1.51. The Labute approximate surface area is 129 Å². The zero-order chi connectivity index (χ0) is 15.2. The fourth-order valence-corrected chi connectivity index (χ4v) is 2.90. The van der Waals surface area contributed by atoms with E-state index in [0.29, 0.717) is 24.0 Å². The third-order valence-corrected chi connectivity index (χ3v) is 4.01. The van der Waals surface area contributed by atoms with Gasteiger partial charge < -0.3 is 4.74 Å². The second-order valence-electron chi connectivity index (χ2n) is 5.41. The number of aromatic nitrogens is 3. The number of rotatable bonds is 6. The first-order valence-corrected chi connectivity index (χ1v) is 7.55. The van der Waals surface area contributed by atoms with Crippen molar-refractivity contribution in [3.8, 4) is 11.8 Å². The Morgan fingerprint density at radius 1 is 1.36 bits per heavy atom. The predicted octanol–water partition coefficient (Wildman–Crippen LogP) is 1.69. The van der Waals surface area contributed by atoms with Gasteiger partial charge in [-0.15, -0.1) is 0 Å². The highest BCUT2D eigenvalue weighted by Crippen LogP contribution is 2.19. The first-order chi connectivity index (χ1) is 10.9. The minimum atomic E-state index is 0.483. The van der Waals surface area contributed by atoms with Crippen molar-refractivity contribution in [3.05, 3.63) is 42.5 Å². The van der Waals surface area contributed by atoms with Crippen LogP contribution < -0.4 is 4.74 Å². The molecule has 1 aromatic carbocycles. The lowest BCUT2D eigenvalue weighted by atomic mass is 10.2. The van der Waals surface area contributed by atoms with Gasteiger partial charge in [-0.1, -0.05) is 12.1 Å². The van der Waals surface area contributed by atoms with E-state index in [2.05, 4.69) is 21.1 Å². The Kier molecular flexibility index (Phi) is 4.66. The number of nitriles is 1. The summed E-state index contributed by atoms with van der Waals surface area (Å²) in [6, 6.07) is 9.99. The second-order valence-corrected chi connectivity index (χ2v) is 5.41. The molecule has 0 saturated carbocycles. The monoisotopic (exact) mass is 297 g/mol. The van der Waals surface area contributed by atoms with Crippen LogP contribution in [0.5, 0.6) is 5.75 Å². The molecule has 0 N–H and O–H groups in total. The Morgan fingerprint density at radius 2 is 2.27 bits per heavy atom. The van der Waals surface area contributed by atoms with E-state index in [0.717, 1.165) is 19.6 Å². The molecule has 1 atom stereocenters. The van der Waals surface area contributed by atoms with Crippen LogP contribution in [-0.2, 0) is 6.54 Å². The van der Waals surface area contributed by atoms with Crippen molar-refractivity contribution < 1.29 is 4.74 Å². The molecule has 1 aliphatic heterocycles. The average Bonchev–Trinajstić information content (AvgIpc) is 3.21. The van der Waals surface area contributed by atoms with Crippen molar-refractivity contribution in [1.82, 2.24) is 19.7 Å². The van der Waals surface area contributed by atoms with Crippen LogP contribution in [-0.4, -0.2) is 45.4 Å². The molecular weight excluding hydrogens is 278 g/mol. The van der Waals surface area contributed by atoms with Gasteiger partial charge in [0.1, 0.15) is 31.1 Å². The Morgan fingerprint density at radius 3 is 3.09 bits per heavy atom. The van der Waals surface area contributed by atoms with Crippen molar-refractivity contribution >= 4 is 0 Å². The maximum Gasteiger partial charge on any atom is 0.137 e. The van der Waals surface area contributed by atoms with Gasteiger partial charge in [0.15, 0.2) is 0 Å². The van der Waals surface area contributed by atoms with Crippen molar-refractivity contribution in [2.45, 2.75) is 25.4 Å². The number of hydrogen-bond donors (Lipinski definition) is 0. The molecule has 0 aliphatic carbocycles. The van der Waals surface area contributed by atoms with Crippen LogP contribution in [0.4, 0.5) is 0 Å². The molecule has 1 fully saturated rings. The number of nitrogens with zero attached hydrogens (tertiary/aromatic N) is 5. The van der Waals surface area contributed by atoms with Gasteiger partial charge in [-0.25, -0.2) is 4.98 Å². The minimum Gasteiger partial charge on any atom is -0.491 e. The van der Waals surface area contributed by atoms with Crippen molar-refractivity contribution in [3.63, 3.8) is 0 Å². The summed E-state index contributed by atoms with van der Waals surface area (Å²) in [6.07, 6.45) is 5.71. The fraction of sp³-hybridized carbons (Fsp3) is 0.438. The third kappa shape index (κ3) is 3.43. The van der Waals surface area contributed by atoms with Crippen LogP contribution in [0.15, 0.2) is 36.9 Å². The Bertz CT molecular complexity index is 634. The van der Waals surface area contributed by atoms with E-state index in [9.17, 15) is 0 Å². The van der Waals surface area contributed by atoms with Gasteiger partial charge in [0, 0.05) is 12.6 Å². The van der Waals surface area contributed by atoms with Crippen LogP contribution in [0.25, 0.3) is 0 Å². The van der Waals surface area contributed by atoms with Crippen LogP contribution >= 0.6 is 0 Å². The van der Waals surface area contributed by atoms with Crippen molar-refractivity contribution in [1.29, 1.82) is 5.26 Å². The van der Waals surface area contributed by atoms with E-state index in [-0.39, 0.29) is 0 Å². The summed E-state index contributed by atoms with van der Waals surface area (Å²) in [6.45, 7) is 3.41. The molecule has 0 bridgehead atoms. The zero-order valence-electron chi connectivity index (χ0n) is 12.4. The lowest BCUT2D eigenvalue weighted by Crippen LogP contribution is -2.36. The second kappa shape index (κ2) is 7.05. The highest BCUT2D eigenvalue weighted by molar-refractivity contribution is 5.42. The van der Waals surface area contributed by atoms with E-state index in [1.165, 1.54) is 12.8 Å². The SMILES string of the molecule is N#Cc1ccccc1OCCN1CCC[C@H]1Cn1cncn1. The normalized spacial score (nSPS) is 18.2. The maximum atomic E-state index is 9.06. The van der Waals surface area contributed by atoms with Crippen LogP contribution in [0.1, 0.15) is 18.4 Å². The first kappa shape index (κ1) is 14.5. The molecule has 22 heavy (non-hydrogen) atoms. The minimum absolute atomic E-state index is 0.483. The molecule has 6 nitrogen and oxygen atoms in total. The average molecular weight is 297 g/mol. The number of para-hydroxylation sites is 1. The molecule has 1 aliphatic rings. The van der Waals surface area contributed by atoms with E-state index in [1.807, 2.05) is 22.9 Å². The fourth-order valence-electron chi connectivity index (χ4n) is 2.90. The summed E-state index contributed by atoms with van der Waals surface area (Å²) in [5.41, 5.74) is 0.586. The quantitative estimate of drug-likeness (QED) is 0.811. The first-order valence-electron chi connectivity index (χ1n) is 7.55. The molecule has 3 rings (SSSR count). The Hall–Kier alpha value is -2.39. The van der Waals surface area contributed by atoms with Gasteiger partial charge in [-0.3, -0.25) is 9.58 Å². The molecule has 0 spiro atoms. The summed E-state index contributed by atoms with van der Waals surface area (Å²) in [5, 5.41) is 13.2. The van der Waals surface area contributed by atoms with Crippen LogP contribution in [0, 0.1) is 11.3 Å². The summed E-state index contributed by atoms with van der Waals surface area (Å²) >= 11 is 0. The molecule has 0 unspecified atom stereocenters. The number of benzene rings is 1. The summed E-state index contributed by atoms with van der Waals surface area (Å²) < 4.78 is 7.66. The van der Waals surface area contributed by atoms with Gasteiger partial charge >= 0.3 is 0 Å². The van der Waals surface area contributed by atoms with E-state index < -0.39 is 0 Å². The molecule has 114 valence electrons. The molecule has 0 amide bonds. The predicted molar refractivity (Wildman–Crippen MR) is 81.3 cm³/mol. The zero-order valence-corrected chi connectivity index (χ0v) is 12.4. The van der Waals surface area contributed by atoms with Gasteiger partial charge in [0.25, 0.3) is 0 Å². The number of hydrogen-bond acceptors (Lipinski definition) is 5. The maximum absolute atomic E-state index is 9.06. The smallest absolute Gasteiger partial charge is 0.137 e. The topological polar surface area (TPSA) is 67.0 Å². The highest BCUT2D eigenvalue weighted by atomic mass is 16.5. The molecule has 1 saturated heterocycles. The van der Waals surface area contributed by atoms with Gasteiger partial charge in [0.2, 0.25) is 0 Å². The third-order valence-electron chi connectivity index (χ3n) is 4.01.